The average Bonchev–Trinajstić information content (AvgIpc) is 2.94. The number of primary amides is 1. The lowest BCUT2D eigenvalue weighted by atomic mass is 9.95. The molecule has 0 saturated heterocycles. The van der Waals surface area contributed by atoms with E-state index in [4.69, 9.17) is 17.3 Å². The number of hydrogen-bond donors (Lipinski definition) is 1. The second-order valence-electron chi connectivity index (χ2n) is 4.37. The van der Waals surface area contributed by atoms with Gasteiger partial charge < -0.3 is 5.73 Å². The van der Waals surface area contributed by atoms with E-state index in [0.29, 0.717) is 6.42 Å². The Morgan fingerprint density at radius 1 is 1.53 bits per heavy atom. The molecule has 80 valence electrons. The largest absolute Gasteiger partial charge is 0.369 e. The van der Waals surface area contributed by atoms with Crippen molar-refractivity contribution in [3.63, 3.8) is 0 Å². The molecule has 1 aromatic carbocycles. The van der Waals surface area contributed by atoms with Crippen LogP contribution in [0.4, 0.5) is 0 Å². The SMILES string of the molecule is Cc1cccc(CC2(C(N)=O)CC2)c1Cl. The number of aryl methyl sites for hydroxylation is 1. The monoisotopic (exact) mass is 223 g/mol. The average molecular weight is 224 g/mol. The van der Waals surface area contributed by atoms with Crippen molar-refractivity contribution in [2.45, 2.75) is 26.2 Å². The number of carbonyl (C=O) groups is 1. The molecule has 2 nitrogen and oxygen atoms in total. The van der Waals surface area contributed by atoms with Crippen LogP contribution in [0.25, 0.3) is 0 Å². The van der Waals surface area contributed by atoms with Gasteiger partial charge in [-0.25, -0.2) is 0 Å². The second-order valence-corrected chi connectivity index (χ2v) is 4.75. The van der Waals surface area contributed by atoms with E-state index in [9.17, 15) is 4.79 Å². The molecule has 2 rings (SSSR count). The Morgan fingerprint density at radius 2 is 2.20 bits per heavy atom. The van der Waals surface area contributed by atoms with Crippen LogP contribution in [-0.4, -0.2) is 5.91 Å². The number of nitrogens with two attached hydrogens (primary N) is 1. The van der Waals surface area contributed by atoms with Crippen molar-refractivity contribution >= 4 is 17.5 Å². The molecule has 1 amide bonds. The smallest absolute Gasteiger partial charge is 0.223 e. The van der Waals surface area contributed by atoms with Gasteiger partial charge in [0.05, 0.1) is 5.41 Å². The molecule has 0 atom stereocenters. The van der Waals surface area contributed by atoms with Gasteiger partial charge in [0, 0.05) is 5.02 Å². The van der Waals surface area contributed by atoms with Crippen LogP contribution in [0.5, 0.6) is 0 Å². The first-order valence-corrected chi connectivity index (χ1v) is 5.47. The van der Waals surface area contributed by atoms with Gasteiger partial charge in [-0.2, -0.15) is 0 Å². The number of halogens is 1. The van der Waals surface area contributed by atoms with Crippen LogP contribution in [0, 0.1) is 12.3 Å². The van der Waals surface area contributed by atoms with Crippen molar-refractivity contribution in [2.24, 2.45) is 11.1 Å². The first kappa shape index (κ1) is 10.5. The normalized spacial score (nSPS) is 17.5. The lowest BCUT2D eigenvalue weighted by Gasteiger charge is -2.12. The van der Waals surface area contributed by atoms with E-state index in [1.807, 2.05) is 25.1 Å². The molecule has 0 unspecified atom stereocenters. The van der Waals surface area contributed by atoms with Crippen molar-refractivity contribution in [3.05, 3.63) is 34.3 Å². The van der Waals surface area contributed by atoms with Gasteiger partial charge in [0.25, 0.3) is 0 Å². The van der Waals surface area contributed by atoms with Crippen LogP contribution in [0.3, 0.4) is 0 Å². The van der Waals surface area contributed by atoms with E-state index in [1.165, 1.54) is 0 Å². The Hall–Kier alpha value is -1.02. The molecule has 0 aliphatic heterocycles. The number of amides is 1. The van der Waals surface area contributed by atoms with Crippen molar-refractivity contribution in [2.75, 3.05) is 0 Å². The topological polar surface area (TPSA) is 43.1 Å². The molecule has 0 aromatic heterocycles. The Bertz CT molecular complexity index is 410. The maximum Gasteiger partial charge on any atom is 0.223 e. The minimum absolute atomic E-state index is 0.194. The molecule has 1 saturated carbocycles. The van der Waals surface area contributed by atoms with Crippen LogP contribution in [0.2, 0.25) is 5.02 Å². The van der Waals surface area contributed by atoms with Gasteiger partial charge >= 0.3 is 0 Å². The van der Waals surface area contributed by atoms with Gasteiger partial charge in [-0.1, -0.05) is 29.8 Å². The second kappa shape index (κ2) is 3.53. The quantitative estimate of drug-likeness (QED) is 0.841. The van der Waals surface area contributed by atoms with Gasteiger partial charge in [-0.3, -0.25) is 4.79 Å². The van der Waals surface area contributed by atoms with Crippen LogP contribution in [0.15, 0.2) is 18.2 Å². The zero-order valence-corrected chi connectivity index (χ0v) is 9.47. The van der Waals surface area contributed by atoms with Gasteiger partial charge in [0.1, 0.15) is 0 Å². The highest BCUT2D eigenvalue weighted by molar-refractivity contribution is 6.32. The summed E-state index contributed by atoms with van der Waals surface area (Å²) in [4.78, 5) is 11.3. The minimum Gasteiger partial charge on any atom is -0.369 e. The Kier molecular flexibility index (Phi) is 2.47. The number of rotatable bonds is 3. The summed E-state index contributed by atoms with van der Waals surface area (Å²) in [6, 6.07) is 5.90. The molecule has 0 heterocycles. The predicted octanol–water partition coefficient (Wildman–Crippen LogP) is 2.46. The van der Waals surface area contributed by atoms with Crippen molar-refractivity contribution in [3.8, 4) is 0 Å². The molecule has 0 bridgehead atoms. The summed E-state index contributed by atoms with van der Waals surface area (Å²) in [5, 5.41) is 0.769. The van der Waals surface area contributed by atoms with E-state index in [1.54, 1.807) is 0 Å². The zero-order chi connectivity index (χ0) is 11.1. The van der Waals surface area contributed by atoms with Crippen LogP contribution < -0.4 is 5.73 Å². The summed E-state index contributed by atoms with van der Waals surface area (Å²) in [7, 11) is 0. The van der Waals surface area contributed by atoms with Gasteiger partial charge in [0.2, 0.25) is 5.91 Å². The van der Waals surface area contributed by atoms with Crippen LogP contribution >= 0.6 is 11.6 Å². The number of hydrogen-bond acceptors (Lipinski definition) is 1. The maximum atomic E-state index is 11.3. The fourth-order valence-electron chi connectivity index (χ4n) is 1.87. The summed E-state index contributed by atoms with van der Waals surface area (Å²) >= 11 is 6.18. The summed E-state index contributed by atoms with van der Waals surface area (Å²) in [5.74, 6) is -0.194. The Labute approximate surface area is 94.4 Å². The van der Waals surface area contributed by atoms with Crippen molar-refractivity contribution in [1.82, 2.24) is 0 Å². The van der Waals surface area contributed by atoms with E-state index in [-0.39, 0.29) is 11.3 Å². The van der Waals surface area contributed by atoms with Crippen molar-refractivity contribution < 1.29 is 4.79 Å². The molecule has 2 N–H and O–H groups in total. The molecule has 1 fully saturated rings. The summed E-state index contributed by atoms with van der Waals surface area (Å²) < 4.78 is 0. The molecule has 15 heavy (non-hydrogen) atoms. The molecule has 1 aliphatic rings. The number of benzene rings is 1. The van der Waals surface area contributed by atoms with E-state index < -0.39 is 0 Å². The molecule has 0 spiro atoms. The molecule has 1 aliphatic carbocycles. The molecular weight excluding hydrogens is 210 g/mol. The molecule has 1 aromatic rings. The summed E-state index contributed by atoms with van der Waals surface area (Å²) in [6.07, 6.45) is 2.47. The lowest BCUT2D eigenvalue weighted by molar-refractivity contribution is -0.123. The van der Waals surface area contributed by atoms with Gasteiger partial charge in [-0.15, -0.1) is 0 Å². The Morgan fingerprint density at radius 3 is 2.73 bits per heavy atom. The molecular formula is C12H14ClNO. The maximum absolute atomic E-state index is 11.3. The minimum atomic E-state index is -0.308. The van der Waals surface area contributed by atoms with Crippen molar-refractivity contribution in [1.29, 1.82) is 0 Å². The third-order valence-corrected chi connectivity index (χ3v) is 3.72. The number of carbonyl (C=O) groups excluding carboxylic acids is 1. The van der Waals surface area contributed by atoms with Gasteiger partial charge in [-0.05, 0) is 37.3 Å². The predicted molar refractivity (Wildman–Crippen MR) is 60.8 cm³/mol. The first-order valence-electron chi connectivity index (χ1n) is 5.09. The highest BCUT2D eigenvalue weighted by Crippen LogP contribution is 2.48. The van der Waals surface area contributed by atoms with Crippen LogP contribution in [-0.2, 0) is 11.2 Å². The van der Waals surface area contributed by atoms with Gasteiger partial charge in [0.15, 0.2) is 0 Å². The molecule has 0 radical (unpaired) electrons. The highest BCUT2D eigenvalue weighted by atomic mass is 35.5. The summed E-state index contributed by atoms with van der Waals surface area (Å²) in [6.45, 7) is 1.97. The zero-order valence-electron chi connectivity index (χ0n) is 8.72. The summed E-state index contributed by atoms with van der Waals surface area (Å²) in [5.41, 5.74) is 7.16. The van der Waals surface area contributed by atoms with E-state index in [0.717, 1.165) is 29.0 Å². The van der Waals surface area contributed by atoms with Crippen LogP contribution in [0.1, 0.15) is 24.0 Å². The standard InChI is InChI=1S/C12H14ClNO/c1-8-3-2-4-9(10(8)13)7-12(5-6-12)11(14)15/h2-4H,5-7H2,1H3,(H2,14,15). The van der Waals surface area contributed by atoms with E-state index in [2.05, 4.69) is 0 Å². The fraction of sp³-hybridized carbons (Fsp3) is 0.417. The highest BCUT2D eigenvalue weighted by Gasteiger charge is 2.48. The first-order chi connectivity index (χ1) is 7.05. The van der Waals surface area contributed by atoms with E-state index >= 15 is 0 Å². The third-order valence-electron chi connectivity index (χ3n) is 3.18. The Balaban J connectivity index is 2.25. The fourth-order valence-corrected chi connectivity index (χ4v) is 2.06. The molecule has 3 heteroatoms. The third kappa shape index (κ3) is 1.86. The lowest BCUT2D eigenvalue weighted by Crippen LogP contribution is -2.26.